The molecule has 120 valence electrons. The molecule has 2 N–H and O–H groups in total. The number of carbonyl (C=O) groups is 2. The van der Waals surface area contributed by atoms with Gasteiger partial charge in [0.15, 0.2) is 11.6 Å². The highest BCUT2D eigenvalue weighted by Crippen LogP contribution is 2.44. The number of halogens is 2. The molecule has 0 spiro atoms. The molecular weight excluding hydrogens is 296 g/mol. The van der Waals surface area contributed by atoms with Gasteiger partial charge in [-0.3, -0.25) is 9.59 Å². The Hall–Kier alpha value is -2.18. The van der Waals surface area contributed by atoms with E-state index in [-0.39, 0.29) is 31.2 Å². The maximum Gasteiger partial charge on any atom is 0.310 e. The fourth-order valence-electron chi connectivity index (χ4n) is 2.37. The normalized spacial score (nSPS) is 15.7. The van der Waals surface area contributed by atoms with Gasteiger partial charge in [-0.25, -0.2) is 8.78 Å². The Morgan fingerprint density at radius 2 is 2.00 bits per heavy atom. The Morgan fingerprint density at radius 1 is 1.27 bits per heavy atom. The molecule has 0 bridgehead atoms. The number of hydrogen-bond acceptors (Lipinski definition) is 3. The van der Waals surface area contributed by atoms with E-state index in [0.29, 0.717) is 12.8 Å². The molecule has 0 radical (unpaired) electrons. The molecule has 1 saturated carbocycles. The first-order valence-electron chi connectivity index (χ1n) is 7.01. The van der Waals surface area contributed by atoms with Crippen molar-refractivity contribution in [3.63, 3.8) is 0 Å². The molecule has 1 aromatic carbocycles. The highest BCUT2D eigenvalue weighted by Gasteiger charge is 2.45. The van der Waals surface area contributed by atoms with Gasteiger partial charge >= 0.3 is 5.97 Å². The molecule has 1 aliphatic carbocycles. The number of hydrogen-bond donors (Lipinski definition) is 2. The van der Waals surface area contributed by atoms with E-state index in [9.17, 15) is 18.4 Å². The smallest absolute Gasteiger partial charge is 0.310 e. The second-order valence-electron chi connectivity index (χ2n) is 5.39. The Labute approximate surface area is 126 Å². The summed E-state index contributed by atoms with van der Waals surface area (Å²) in [5.74, 6) is -3.09. The molecule has 0 aliphatic heterocycles. The number of benzene rings is 1. The third-order valence-electron chi connectivity index (χ3n) is 3.85. The summed E-state index contributed by atoms with van der Waals surface area (Å²) in [6, 6.07) is 3.16. The molecule has 2 rings (SSSR count). The predicted octanol–water partition coefficient (Wildman–Crippen LogP) is 2.10. The minimum atomic E-state index is -1.00. The summed E-state index contributed by atoms with van der Waals surface area (Å²) in [5, 5.41) is 11.7. The number of amides is 1. The van der Waals surface area contributed by atoms with Crippen molar-refractivity contribution in [2.75, 3.05) is 13.2 Å². The van der Waals surface area contributed by atoms with Crippen molar-refractivity contribution in [1.29, 1.82) is 0 Å². The molecule has 0 atom stereocenters. The van der Waals surface area contributed by atoms with Crippen LogP contribution in [0.25, 0.3) is 0 Å². The van der Waals surface area contributed by atoms with E-state index in [0.717, 1.165) is 18.6 Å². The third kappa shape index (κ3) is 3.72. The first kappa shape index (κ1) is 16.2. The van der Waals surface area contributed by atoms with Crippen molar-refractivity contribution in [2.24, 2.45) is 5.41 Å². The molecule has 1 fully saturated rings. The van der Waals surface area contributed by atoms with Crippen molar-refractivity contribution < 1.29 is 28.2 Å². The van der Waals surface area contributed by atoms with Crippen LogP contribution in [0.3, 0.4) is 0 Å². The van der Waals surface area contributed by atoms with Gasteiger partial charge in [0.25, 0.3) is 0 Å². The van der Waals surface area contributed by atoms with E-state index >= 15 is 0 Å². The van der Waals surface area contributed by atoms with E-state index in [1.165, 1.54) is 6.07 Å². The van der Waals surface area contributed by atoms with E-state index in [4.69, 9.17) is 9.84 Å². The van der Waals surface area contributed by atoms with Crippen molar-refractivity contribution in [3.8, 4) is 5.75 Å². The van der Waals surface area contributed by atoms with Crippen molar-refractivity contribution in [2.45, 2.75) is 25.7 Å². The summed E-state index contributed by atoms with van der Waals surface area (Å²) < 4.78 is 30.8. The minimum Gasteiger partial charge on any atom is -0.492 e. The summed E-state index contributed by atoms with van der Waals surface area (Å²) in [6.45, 7) is 0.240. The first-order valence-corrected chi connectivity index (χ1v) is 7.01. The SMILES string of the molecule is O=C(CC1(C(=O)O)CCC1)NCCOc1ccc(F)c(F)c1. The summed E-state index contributed by atoms with van der Waals surface area (Å²) in [5.41, 5.74) is -0.926. The lowest BCUT2D eigenvalue weighted by Crippen LogP contribution is -2.43. The predicted molar refractivity (Wildman–Crippen MR) is 73.4 cm³/mol. The Kier molecular flexibility index (Phi) is 4.95. The van der Waals surface area contributed by atoms with Gasteiger partial charge in [-0.05, 0) is 25.0 Å². The zero-order chi connectivity index (χ0) is 16.2. The number of carboxylic acid groups (broad SMARTS) is 1. The van der Waals surface area contributed by atoms with Crippen LogP contribution < -0.4 is 10.1 Å². The van der Waals surface area contributed by atoms with Gasteiger partial charge in [0.2, 0.25) is 5.91 Å². The van der Waals surface area contributed by atoms with Gasteiger partial charge in [0.1, 0.15) is 12.4 Å². The highest BCUT2D eigenvalue weighted by molar-refractivity contribution is 5.85. The molecule has 1 amide bonds. The van der Waals surface area contributed by atoms with Gasteiger partial charge < -0.3 is 15.2 Å². The average Bonchev–Trinajstić information content (AvgIpc) is 2.42. The van der Waals surface area contributed by atoms with Crippen LogP contribution in [0.2, 0.25) is 0 Å². The lowest BCUT2D eigenvalue weighted by atomic mass is 9.66. The van der Waals surface area contributed by atoms with E-state index in [1.54, 1.807) is 0 Å². The molecule has 5 nitrogen and oxygen atoms in total. The second kappa shape index (κ2) is 6.72. The molecule has 0 saturated heterocycles. The molecule has 0 heterocycles. The standard InChI is InChI=1S/C15H17F2NO4/c16-11-3-2-10(8-12(11)17)22-7-6-18-13(19)9-15(14(20)21)4-1-5-15/h2-3,8H,1,4-7,9H2,(H,18,19)(H,20,21). The van der Waals surface area contributed by atoms with E-state index in [2.05, 4.69) is 5.32 Å². The Morgan fingerprint density at radius 3 is 2.55 bits per heavy atom. The van der Waals surface area contributed by atoms with Crippen LogP contribution in [-0.4, -0.2) is 30.1 Å². The van der Waals surface area contributed by atoms with Crippen LogP contribution in [0.4, 0.5) is 8.78 Å². The fourth-order valence-corrected chi connectivity index (χ4v) is 2.37. The molecule has 0 aromatic heterocycles. The first-order chi connectivity index (χ1) is 10.4. The highest BCUT2D eigenvalue weighted by atomic mass is 19.2. The number of ether oxygens (including phenoxy) is 1. The van der Waals surface area contributed by atoms with Crippen LogP contribution in [0, 0.1) is 17.0 Å². The molecule has 7 heteroatoms. The zero-order valence-electron chi connectivity index (χ0n) is 11.9. The summed E-state index contributed by atoms with van der Waals surface area (Å²) in [7, 11) is 0. The van der Waals surface area contributed by atoms with Gasteiger partial charge in [-0.2, -0.15) is 0 Å². The number of carbonyl (C=O) groups excluding carboxylic acids is 1. The lowest BCUT2D eigenvalue weighted by molar-refractivity contribution is -0.157. The third-order valence-corrected chi connectivity index (χ3v) is 3.85. The summed E-state index contributed by atoms with van der Waals surface area (Å²) in [4.78, 5) is 22.9. The van der Waals surface area contributed by atoms with Crippen LogP contribution in [0.5, 0.6) is 5.75 Å². The second-order valence-corrected chi connectivity index (χ2v) is 5.39. The fraction of sp³-hybridized carbons (Fsp3) is 0.467. The van der Waals surface area contributed by atoms with E-state index in [1.807, 2.05) is 0 Å². The lowest BCUT2D eigenvalue weighted by Gasteiger charge is -2.36. The van der Waals surface area contributed by atoms with Crippen LogP contribution in [0.1, 0.15) is 25.7 Å². The summed E-state index contributed by atoms with van der Waals surface area (Å²) >= 11 is 0. The van der Waals surface area contributed by atoms with Crippen LogP contribution >= 0.6 is 0 Å². The van der Waals surface area contributed by atoms with Gasteiger partial charge in [-0.1, -0.05) is 6.42 Å². The Bertz CT molecular complexity index is 573. The van der Waals surface area contributed by atoms with Crippen LogP contribution in [-0.2, 0) is 9.59 Å². The van der Waals surface area contributed by atoms with Crippen molar-refractivity contribution in [3.05, 3.63) is 29.8 Å². The van der Waals surface area contributed by atoms with Crippen molar-refractivity contribution >= 4 is 11.9 Å². The molecule has 1 aromatic rings. The maximum atomic E-state index is 12.9. The zero-order valence-corrected chi connectivity index (χ0v) is 11.9. The molecule has 22 heavy (non-hydrogen) atoms. The number of aliphatic carboxylic acids is 1. The number of rotatable bonds is 7. The van der Waals surface area contributed by atoms with Gasteiger partial charge in [0, 0.05) is 12.5 Å². The van der Waals surface area contributed by atoms with Crippen molar-refractivity contribution in [1.82, 2.24) is 5.32 Å². The monoisotopic (exact) mass is 313 g/mol. The summed E-state index contributed by atoms with van der Waals surface area (Å²) in [6.07, 6.45) is 1.80. The molecular formula is C15H17F2NO4. The van der Waals surface area contributed by atoms with Gasteiger partial charge in [0.05, 0.1) is 12.0 Å². The average molecular weight is 313 g/mol. The molecule has 1 aliphatic rings. The largest absolute Gasteiger partial charge is 0.492 e. The maximum absolute atomic E-state index is 12.9. The van der Waals surface area contributed by atoms with Crippen LogP contribution in [0.15, 0.2) is 18.2 Å². The molecule has 0 unspecified atom stereocenters. The number of carboxylic acids is 1. The minimum absolute atomic E-state index is 0.0481. The Balaban J connectivity index is 1.71. The van der Waals surface area contributed by atoms with Gasteiger partial charge in [-0.15, -0.1) is 0 Å². The topological polar surface area (TPSA) is 75.6 Å². The quantitative estimate of drug-likeness (QED) is 0.756. The number of nitrogens with one attached hydrogen (secondary N) is 1. The van der Waals surface area contributed by atoms with E-state index < -0.39 is 23.0 Å².